The number of pyridine rings is 1. The van der Waals surface area contributed by atoms with E-state index in [-0.39, 0.29) is 0 Å². The quantitative estimate of drug-likeness (QED) is 0.651. The fourth-order valence-corrected chi connectivity index (χ4v) is 4.14. The standard InChI is InChI=1S/C22H33N3/c1-16-14-21(17(2)23-19-10-6-4-7-11-19)25-22(15-16)18(3)24-20-12-8-5-9-13-20/h14-15,19-20H,4-13H2,1-3H3. The molecule has 0 saturated heterocycles. The first-order valence-corrected chi connectivity index (χ1v) is 10.2. The van der Waals surface area contributed by atoms with E-state index in [0.29, 0.717) is 12.1 Å². The van der Waals surface area contributed by atoms with Crippen LogP contribution in [0.4, 0.5) is 0 Å². The van der Waals surface area contributed by atoms with E-state index in [9.17, 15) is 0 Å². The minimum Gasteiger partial charge on any atom is -0.284 e. The van der Waals surface area contributed by atoms with Gasteiger partial charge in [-0.3, -0.25) is 9.98 Å². The molecule has 25 heavy (non-hydrogen) atoms. The maximum Gasteiger partial charge on any atom is 0.0847 e. The lowest BCUT2D eigenvalue weighted by Crippen LogP contribution is -2.15. The SMILES string of the molecule is CC(=NC1CCCCC1)c1cc(C)cc(C(C)=NC2CCCCC2)n1. The minimum absolute atomic E-state index is 0.497. The van der Waals surface area contributed by atoms with E-state index in [0.717, 1.165) is 22.8 Å². The Balaban J connectivity index is 1.79. The van der Waals surface area contributed by atoms with Crippen LogP contribution in [0.1, 0.15) is 95.0 Å². The molecule has 1 aromatic heterocycles. The highest BCUT2D eigenvalue weighted by Gasteiger charge is 2.15. The topological polar surface area (TPSA) is 37.6 Å². The maximum atomic E-state index is 4.98. The summed E-state index contributed by atoms with van der Waals surface area (Å²) < 4.78 is 0. The second-order valence-corrected chi connectivity index (χ2v) is 7.93. The van der Waals surface area contributed by atoms with Gasteiger partial charge in [0.05, 0.1) is 34.9 Å². The summed E-state index contributed by atoms with van der Waals surface area (Å²) in [6, 6.07) is 5.32. The van der Waals surface area contributed by atoms with Crippen LogP contribution in [0.15, 0.2) is 22.1 Å². The Kier molecular flexibility index (Phi) is 6.39. The highest BCUT2D eigenvalue weighted by molar-refractivity contribution is 6.01. The number of hydrogen-bond donors (Lipinski definition) is 0. The number of rotatable bonds is 4. The summed E-state index contributed by atoms with van der Waals surface area (Å²) in [5.41, 5.74) is 5.47. The van der Waals surface area contributed by atoms with Gasteiger partial charge >= 0.3 is 0 Å². The van der Waals surface area contributed by atoms with E-state index in [1.807, 2.05) is 0 Å². The Bertz CT molecular complexity index is 580. The average Bonchev–Trinajstić information content (AvgIpc) is 2.63. The van der Waals surface area contributed by atoms with Crippen LogP contribution in [0.2, 0.25) is 0 Å². The van der Waals surface area contributed by atoms with Crippen LogP contribution in [0, 0.1) is 6.92 Å². The molecule has 0 radical (unpaired) electrons. The molecule has 1 heterocycles. The molecule has 0 spiro atoms. The van der Waals surface area contributed by atoms with Gasteiger partial charge in [-0.15, -0.1) is 0 Å². The Morgan fingerprint density at radius 1 is 0.760 bits per heavy atom. The first-order chi connectivity index (χ1) is 12.1. The molecular formula is C22H33N3. The first-order valence-electron chi connectivity index (χ1n) is 10.2. The van der Waals surface area contributed by atoms with Gasteiger partial charge in [-0.1, -0.05) is 38.5 Å². The summed E-state index contributed by atoms with van der Waals surface area (Å²) in [5, 5.41) is 0. The number of nitrogens with zero attached hydrogens (tertiary/aromatic N) is 3. The third-order valence-electron chi connectivity index (χ3n) is 5.61. The van der Waals surface area contributed by atoms with E-state index in [1.165, 1.54) is 69.8 Å². The van der Waals surface area contributed by atoms with Crippen LogP contribution in [-0.2, 0) is 0 Å². The molecule has 0 amide bonds. The van der Waals surface area contributed by atoms with Gasteiger partial charge in [0.15, 0.2) is 0 Å². The lowest BCUT2D eigenvalue weighted by molar-refractivity contribution is 0.443. The van der Waals surface area contributed by atoms with Crippen molar-refractivity contribution in [2.45, 2.75) is 97.1 Å². The van der Waals surface area contributed by atoms with Gasteiger partial charge in [-0.05, 0) is 64.2 Å². The van der Waals surface area contributed by atoms with E-state index < -0.39 is 0 Å². The Hall–Kier alpha value is -1.51. The van der Waals surface area contributed by atoms with Crippen molar-refractivity contribution >= 4 is 11.4 Å². The molecule has 0 unspecified atom stereocenters. The predicted octanol–water partition coefficient (Wildman–Crippen LogP) is 5.67. The van der Waals surface area contributed by atoms with Gasteiger partial charge in [-0.2, -0.15) is 0 Å². The number of aliphatic imine (C=N–C) groups is 2. The zero-order chi connectivity index (χ0) is 17.6. The average molecular weight is 340 g/mol. The van der Waals surface area contributed by atoms with Gasteiger partial charge < -0.3 is 0 Å². The molecule has 3 nitrogen and oxygen atoms in total. The maximum absolute atomic E-state index is 4.98. The Labute approximate surface area is 153 Å². The second kappa shape index (κ2) is 8.73. The molecule has 3 rings (SSSR count). The highest BCUT2D eigenvalue weighted by Crippen LogP contribution is 2.22. The summed E-state index contributed by atoms with van der Waals surface area (Å²) in [6.45, 7) is 6.39. The molecule has 0 bridgehead atoms. The summed E-state index contributed by atoms with van der Waals surface area (Å²) in [7, 11) is 0. The predicted molar refractivity (Wildman–Crippen MR) is 107 cm³/mol. The van der Waals surface area contributed by atoms with Crippen molar-refractivity contribution in [2.75, 3.05) is 0 Å². The molecule has 0 aromatic carbocycles. The normalized spacial score (nSPS) is 21.6. The van der Waals surface area contributed by atoms with E-state index in [2.05, 4.69) is 32.9 Å². The largest absolute Gasteiger partial charge is 0.284 e. The van der Waals surface area contributed by atoms with E-state index in [1.54, 1.807) is 0 Å². The number of aromatic nitrogens is 1. The van der Waals surface area contributed by atoms with Crippen molar-refractivity contribution in [1.29, 1.82) is 0 Å². The van der Waals surface area contributed by atoms with Crippen LogP contribution < -0.4 is 0 Å². The van der Waals surface area contributed by atoms with E-state index in [4.69, 9.17) is 15.0 Å². The van der Waals surface area contributed by atoms with Gasteiger partial charge in [0.25, 0.3) is 0 Å². The lowest BCUT2D eigenvalue weighted by atomic mass is 9.95. The number of hydrogen-bond acceptors (Lipinski definition) is 3. The molecule has 0 aliphatic heterocycles. The molecule has 2 aliphatic carbocycles. The fraction of sp³-hybridized carbons (Fsp3) is 0.682. The molecule has 136 valence electrons. The summed E-state index contributed by atoms with van der Waals surface area (Å²) in [5.74, 6) is 0. The monoisotopic (exact) mass is 339 g/mol. The highest BCUT2D eigenvalue weighted by atomic mass is 14.9. The third kappa shape index (κ3) is 5.23. The van der Waals surface area contributed by atoms with E-state index >= 15 is 0 Å². The van der Waals surface area contributed by atoms with Gasteiger partial charge in [0.1, 0.15) is 0 Å². The summed E-state index contributed by atoms with van der Waals surface area (Å²) in [4.78, 5) is 14.9. The van der Waals surface area contributed by atoms with Crippen molar-refractivity contribution in [3.8, 4) is 0 Å². The molecule has 0 atom stereocenters. The Morgan fingerprint density at radius 3 is 1.56 bits per heavy atom. The first kappa shape index (κ1) is 18.3. The molecule has 2 aliphatic rings. The van der Waals surface area contributed by atoms with Crippen molar-refractivity contribution in [3.05, 3.63) is 29.1 Å². The van der Waals surface area contributed by atoms with Crippen molar-refractivity contribution in [1.82, 2.24) is 4.98 Å². The van der Waals surface area contributed by atoms with Crippen molar-refractivity contribution in [2.24, 2.45) is 9.98 Å². The second-order valence-electron chi connectivity index (χ2n) is 7.93. The van der Waals surface area contributed by atoms with Gasteiger partial charge in [0, 0.05) is 0 Å². The van der Waals surface area contributed by atoms with Crippen molar-refractivity contribution in [3.63, 3.8) is 0 Å². The van der Waals surface area contributed by atoms with Crippen LogP contribution in [0.3, 0.4) is 0 Å². The number of aryl methyl sites for hydroxylation is 1. The lowest BCUT2D eigenvalue weighted by Gasteiger charge is -2.19. The van der Waals surface area contributed by atoms with Crippen LogP contribution >= 0.6 is 0 Å². The molecule has 3 heteroatoms. The van der Waals surface area contributed by atoms with Gasteiger partial charge in [0.2, 0.25) is 0 Å². The smallest absolute Gasteiger partial charge is 0.0847 e. The molecule has 1 aromatic rings. The zero-order valence-corrected chi connectivity index (χ0v) is 16.2. The molecule has 2 saturated carbocycles. The van der Waals surface area contributed by atoms with Gasteiger partial charge in [-0.25, -0.2) is 4.98 Å². The van der Waals surface area contributed by atoms with Crippen LogP contribution in [0.25, 0.3) is 0 Å². The van der Waals surface area contributed by atoms with Crippen LogP contribution in [0.5, 0.6) is 0 Å². The zero-order valence-electron chi connectivity index (χ0n) is 16.2. The van der Waals surface area contributed by atoms with Crippen LogP contribution in [-0.4, -0.2) is 28.5 Å². The summed E-state index contributed by atoms with van der Waals surface area (Å²) >= 11 is 0. The Morgan fingerprint density at radius 2 is 1.16 bits per heavy atom. The van der Waals surface area contributed by atoms with Crippen molar-refractivity contribution < 1.29 is 0 Å². The molecule has 2 fully saturated rings. The third-order valence-corrected chi connectivity index (χ3v) is 5.61. The molecular weight excluding hydrogens is 306 g/mol. The summed E-state index contributed by atoms with van der Waals surface area (Å²) in [6.07, 6.45) is 13.0. The fourth-order valence-electron chi connectivity index (χ4n) is 4.14. The molecule has 0 N–H and O–H groups in total. The minimum atomic E-state index is 0.497.